The molecule has 65 heavy (non-hydrogen) atoms. The summed E-state index contributed by atoms with van der Waals surface area (Å²) < 4.78 is 3.11. The molecule has 0 aliphatic heterocycles. The standard InChI is InChI=1S/C11H7ClOS2.C11H7ClOS.C6H6BClO2.C6H5ClS.2C5H3BrOS.2CH4/c12-8-1-3-9(4-2-8)14-11-6-5-10(7-13)15-11;12-9-3-1-8(2-4-9)11-6-5-10(7-13)14-11;8-6-3-1-5(2-4-6)7(9)10;7-5-1-3-6(8)4-2-5;2*6-5-2-1-4(3-7)8-5;;/h1-7H;1-7H;1-4,9-10H;1-4,8H;2*1-3H;2*1H4. The highest BCUT2D eigenvalue weighted by Gasteiger charge is 2.09. The number of hydrogen-bond donors (Lipinski definition) is 3. The van der Waals surface area contributed by atoms with Crippen LogP contribution < -0.4 is 5.46 Å². The summed E-state index contributed by atoms with van der Waals surface area (Å²) in [7, 11) is -1.41. The lowest BCUT2D eigenvalue weighted by Gasteiger charge is -1.97. The van der Waals surface area contributed by atoms with E-state index in [1.165, 1.54) is 45.3 Å². The number of rotatable bonds is 8. The first kappa shape index (κ1) is 60.2. The lowest BCUT2D eigenvalue weighted by molar-refractivity contribution is 0.111. The number of carbonyl (C=O) groups excluding carboxylic acids is 4. The monoisotopic (exact) mass is 1190 g/mol. The molecule has 4 aromatic heterocycles. The number of carbonyl (C=O) groups is 4. The van der Waals surface area contributed by atoms with Crippen LogP contribution in [0.15, 0.2) is 167 Å². The van der Waals surface area contributed by atoms with E-state index in [1.807, 2.05) is 109 Å². The van der Waals surface area contributed by atoms with Crippen molar-refractivity contribution < 1.29 is 29.2 Å². The molecule has 8 rings (SSSR count). The van der Waals surface area contributed by atoms with E-state index in [2.05, 4.69) is 44.5 Å². The van der Waals surface area contributed by atoms with Crippen LogP contribution in [0.2, 0.25) is 20.1 Å². The largest absolute Gasteiger partial charge is 0.488 e. The average Bonchev–Trinajstić information content (AvgIpc) is 4.13. The van der Waals surface area contributed by atoms with Gasteiger partial charge in [-0.1, -0.05) is 97.3 Å². The van der Waals surface area contributed by atoms with Crippen LogP contribution in [-0.4, -0.2) is 42.3 Å². The Kier molecular flexibility index (Phi) is 31.1. The highest BCUT2D eigenvalue weighted by Crippen LogP contribution is 2.33. The first-order valence-corrected chi connectivity index (χ1v) is 25.1. The molecule has 0 unspecified atom stereocenters. The summed E-state index contributed by atoms with van der Waals surface area (Å²) in [5, 5.41) is 20.1. The van der Waals surface area contributed by atoms with E-state index in [4.69, 9.17) is 56.5 Å². The van der Waals surface area contributed by atoms with Gasteiger partial charge < -0.3 is 10.0 Å². The van der Waals surface area contributed by atoms with Crippen LogP contribution >= 0.6 is 148 Å². The summed E-state index contributed by atoms with van der Waals surface area (Å²) in [6.07, 6.45) is 3.42. The number of aldehydes is 4. The summed E-state index contributed by atoms with van der Waals surface area (Å²) in [5.74, 6) is 0. The minimum absolute atomic E-state index is 0. The Morgan fingerprint density at radius 1 is 0.477 bits per heavy atom. The molecular weight excluding hydrogens is 1150 g/mol. The summed E-state index contributed by atoms with van der Waals surface area (Å²) in [4.78, 5) is 47.2. The van der Waals surface area contributed by atoms with E-state index in [-0.39, 0.29) is 14.9 Å². The van der Waals surface area contributed by atoms with Crippen molar-refractivity contribution in [2.45, 2.75) is 28.9 Å². The average molecular weight is 1190 g/mol. The summed E-state index contributed by atoms with van der Waals surface area (Å²) in [5.41, 5.74) is 1.54. The molecule has 340 valence electrons. The number of halogens is 6. The zero-order valence-corrected chi connectivity index (χ0v) is 43.2. The van der Waals surface area contributed by atoms with E-state index >= 15 is 0 Å². The molecule has 0 bridgehead atoms. The van der Waals surface area contributed by atoms with Gasteiger partial charge in [0, 0.05) is 34.8 Å². The number of thiol groups is 1. The Labute approximate surface area is 442 Å². The van der Waals surface area contributed by atoms with Gasteiger partial charge in [-0.15, -0.1) is 58.0 Å². The third-order valence-electron chi connectivity index (χ3n) is 7.04. The third kappa shape index (κ3) is 24.7. The van der Waals surface area contributed by atoms with Crippen LogP contribution in [0.3, 0.4) is 0 Å². The smallest absolute Gasteiger partial charge is 0.423 e. The quantitative estimate of drug-likeness (QED) is 0.0790. The van der Waals surface area contributed by atoms with Crippen LogP contribution in [-0.2, 0) is 0 Å². The first-order chi connectivity index (χ1) is 30.2. The van der Waals surface area contributed by atoms with Crippen molar-refractivity contribution in [2.75, 3.05) is 0 Å². The van der Waals surface area contributed by atoms with Crippen LogP contribution in [0.4, 0.5) is 0 Å². The minimum atomic E-state index is -1.41. The topological polar surface area (TPSA) is 109 Å². The molecule has 0 radical (unpaired) electrons. The lowest BCUT2D eigenvalue weighted by atomic mass is 9.81. The molecule has 0 aliphatic rings. The van der Waals surface area contributed by atoms with Crippen molar-refractivity contribution in [1.29, 1.82) is 0 Å². The van der Waals surface area contributed by atoms with Crippen LogP contribution in [0.25, 0.3) is 10.4 Å². The molecule has 0 atom stereocenters. The molecule has 19 heteroatoms. The molecule has 0 fully saturated rings. The number of thiophene rings is 4. The fraction of sp³-hybridized carbons (Fsp3) is 0.0435. The van der Waals surface area contributed by atoms with Crippen LogP contribution in [0, 0.1) is 0 Å². The van der Waals surface area contributed by atoms with Gasteiger partial charge in [-0.2, -0.15) is 0 Å². The first-order valence-electron chi connectivity index (χ1n) is 17.5. The van der Waals surface area contributed by atoms with Crippen molar-refractivity contribution in [3.8, 4) is 10.4 Å². The second-order valence-electron chi connectivity index (χ2n) is 11.6. The maximum absolute atomic E-state index is 10.5. The number of benzene rings is 4. The SMILES string of the molecule is C.C.O=Cc1ccc(-c2ccc(Cl)cc2)s1.O=Cc1ccc(Br)s1.O=Cc1ccc(Br)s1.O=Cc1ccc(Sc2ccc(Cl)cc2)s1.OB(O)c1ccc(Cl)cc1.Sc1ccc(Cl)cc1. The molecular formula is C46H39BBr2Cl4O6S6. The predicted octanol–water partition coefficient (Wildman–Crippen LogP) is 16.8. The van der Waals surface area contributed by atoms with Crippen molar-refractivity contribution in [2.24, 2.45) is 0 Å². The Balaban J connectivity index is 0.000000396. The third-order valence-corrected chi connectivity index (χ3v) is 14.7. The molecule has 4 aromatic carbocycles. The van der Waals surface area contributed by atoms with Gasteiger partial charge in [0.25, 0.3) is 0 Å². The summed E-state index contributed by atoms with van der Waals surface area (Å²) in [6, 6.07) is 43.7. The van der Waals surface area contributed by atoms with E-state index in [9.17, 15) is 19.2 Å². The van der Waals surface area contributed by atoms with Gasteiger partial charge in [0.15, 0.2) is 25.1 Å². The summed E-state index contributed by atoms with van der Waals surface area (Å²) in [6.45, 7) is 0. The predicted molar refractivity (Wildman–Crippen MR) is 294 cm³/mol. The van der Waals surface area contributed by atoms with Crippen molar-refractivity contribution in [1.82, 2.24) is 0 Å². The highest BCUT2D eigenvalue weighted by atomic mass is 79.9. The minimum Gasteiger partial charge on any atom is -0.423 e. The molecule has 0 saturated heterocycles. The van der Waals surface area contributed by atoms with Gasteiger partial charge in [0.1, 0.15) is 0 Å². The molecule has 4 heterocycles. The van der Waals surface area contributed by atoms with Crippen LogP contribution in [0.5, 0.6) is 0 Å². The molecule has 0 amide bonds. The molecule has 8 aromatic rings. The maximum Gasteiger partial charge on any atom is 0.488 e. The Bertz CT molecular complexity index is 2520. The van der Waals surface area contributed by atoms with Gasteiger partial charge in [0.05, 0.1) is 31.3 Å². The van der Waals surface area contributed by atoms with Gasteiger partial charge in [0.2, 0.25) is 0 Å². The Hall–Kier alpha value is -2.84. The Morgan fingerprint density at radius 3 is 1.20 bits per heavy atom. The van der Waals surface area contributed by atoms with Gasteiger partial charge in [-0.05, 0) is 164 Å². The molecule has 2 N–H and O–H groups in total. The second kappa shape index (κ2) is 33.6. The maximum atomic E-state index is 10.5. The highest BCUT2D eigenvalue weighted by molar-refractivity contribution is 9.11. The van der Waals surface area contributed by atoms with Crippen molar-refractivity contribution >= 4 is 186 Å². The molecule has 6 nitrogen and oxygen atoms in total. The van der Waals surface area contributed by atoms with E-state index in [0.29, 0.717) is 10.5 Å². The van der Waals surface area contributed by atoms with Crippen molar-refractivity contribution in [3.63, 3.8) is 0 Å². The molecule has 0 saturated carbocycles. The molecule has 0 aliphatic carbocycles. The van der Waals surface area contributed by atoms with E-state index < -0.39 is 7.12 Å². The zero-order chi connectivity index (χ0) is 46.1. The number of hydrogen-bond acceptors (Lipinski definition) is 12. The van der Waals surface area contributed by atoms with Crippen LogP contribution in [0.1, 0.15) is 53.5 Å². The fourth-order valence-electron chi connectivity index (χ4n) is 4.12. The van der Waals surface area contributed by atoms with Gasteiger partial charge in [-0.3, -0.25) is 19.2 Å². The van der Waals surface area contributed by atoms with E-state index in [1.54, 1.807) is 48.2 Å². The fourth-order valence-corrected chi connectivity index (χ4v) is 10.0. The normalized spacial score (nSPS) is 9.37. The van der Waals surface area contributed by atoms with Gasteiger partial charge in [-0.25, -0.2) is 0 Å². The van der Waals surface area contributed by atoms with Crippen molar-refractivity contribution in [3.05, 3.63) is 193 Å². The lowest BCUT2D eigenvalue weighted by Crippen LogP contribution is -2.29. The van der Waals surface area contributed by atoms with Gasteiger partial charge >= 0.3 is 7.12 Å². The zero-order valence-electron chi connectivity index (χ0n) is 32.0. The van der Waals surface area contributed by atoms with E-state index in [0.717, 1.165) is 91.7 Å². The molecule has 0 spiro atoms. The second-order valence-corrected chi connectivity index (χ2v) is 22.4. The summed E-state index contributed by atoms with van der Waals surface area (Å²) >= 11 is 40.7. The Morgan fingerprint density at radius 2 is 0.846 bits per heavy atom.